The van der Waals surface area contributed by atoms with Crippen molar-refractivity contribution in [2.24, 2.45) is 11.8 Å². The van der Waals surface area contributed by atoms with E-state index in [-0.39, 0.29) is 18.1 Å². The van der Waals surface area contributed by atoms with Crippen LogP contribution in [0, 0.1) is 18.8 Å². The molecule has 6 nitrogen and oxygen atoms in total. The number of hydrogen-bond acceptors (Lipinski definition) is 5. The molecule has 148 valence electrons. The third-order valence-electron chi connectivity index (χ3n) is 5.65. The normalized spacial score (nSPS) is 25.8. The van der Waals surface area contributed by atoms with Crippen molar-refractivity contribution in [1.82, 2.24) is 4.98 Å². The fourth-order valence-corrected chi connectivity index (χ4v) is 5.19. The molecule has 2 aliphatic heterocycles. The third kappa shape index (κ3) is 3.44. The van der Waals surface area contributed by atoms with E-state index < -0.39 is 17.8 Å². The lowest BCUT2D eigenvalue weighted by atomic mass is 9.79. The Hall–Kier alpha value is -2.25. The molecule has 0 unspecified atom stereocenters. The minimum absolute atomic E-state index is 0.307. The molecule has 4 atom stereocenters. The number of thiazole rings is 1. The number of carboxylic acid groups (broad SMARTS) is 1. The molecule has 1 amide bonds. The maximum absolute atomic E-state index is 12.8. The Kier molecular flexibility index (Phi) is 5.21. The van der Waals surface area contributed by atoms with Crippen LogP contribution in [0.3, 0.4) is 0 Å². The lowest BCUT2D eigenvalue weighted by Gasteiger charge is -2.23. The Balaban J connectivity index is 1.51. The first kappa shape index (κ1) is 19.1. The zero-order valence-electron chi connectivity index (χ0n) is 16.0. The first-order chi connectivity index (χ1) is 13.5. The van der Waals surface area contributed by atoms with Crippen LogP contribution < -0.4 is 5.32 Å². The number of fused-ring (bicyclic) bond motifs is 2. The average molecular weight is 401 g/mol. The van der Waals surface area contributed by atoms with Gasteiger partial charge in [-0.2, -0.15) is 0 Å². The second kappa shape index (κ2) is 7.64. The van der Waals surface area contributed by atoms with Gasteiger partial charge in [0, 0.05) is 10.4 Å². The van der Waals surface area contributed by atoms with Crippen molar-refractivity contribution in [2.75, 3.05) is 5.32 Å². The minimum Gasteiger partial charge on any atom is -0.481 e. The Labute approximate surface area is 167 Å². The van der Waals surface area contributed by atoms with Gasteiger partial charge in [-0.1, -0.05) is 37.6 Å². The molecule has 2 bridgehead atoms. The molecule has 2 N–H and O–H groups in total. The molecule has 3 heterocycles. The van der Waals surface area contributed by atoms with Crippen LogP contribution in [0.15, 0.2) is 24.3 Å². The number of rotatable bonds is 6. The molecular formula is C21H24N2O4S. The number of aryl methyl sites for hydroxylation is 2. The number of anilines is 1. The Bertz CT molecular complexity index is 892. The van der Waals surface area contributed by atoms with E-state index in [9.17, 15) is 14.7 Å². The van der Waals surface area contributed by atoms with E-state index in [1.807, 2.05) is 6.92 Å². The molecule has 0 radical (unpaired) electrons. The van der Waals surface area contributed by atoms with Crippen molar-refractivity contribution in [3.05, 3.63) is 34.7 Å². The fourth-order valence-electron chi connectivity index (χ4n) is 4.35. The number of amides is 1. The number of aromatic nitrogens is 1. The van der Waals surface area contributed by atoms with E-state index >= 15 is 0 Å². The van der Waals surface area contributed by atoms with Gasteiger partial charge in [0.25, 0.3) is 0 Å². The van der Waals surface area contributed by atoms with Gasteiger partial charge in [-0.3, -0.25) is 9.59 Å². The summed E-state index contributed by atoms with van der Waals surface area (Å²) >= 11 is 1.41. The van der Waals surface area contributed by atoms with Crippen LogP contribution >= 0.6 is 11.3 Å². The zero-order valence-corrected chi connectivity index (χ0v) is 16.8. The number of carboxylic acids is 1. The molecule has 2 aliphatic rings. The lowest BCUT2D eigenvalue weighted by molar-refractivity contribution is -0.147. The summed E-state index contributed by atoms with van der Waals surface area (Å²) in [5, 5.41) is 12.8. The summed E-state index contributed by atoms with van der Waals surface area (Å²) in [6.07, 6.45) is 2.94. The molecular weight excluding hydrogens is 376 g/mol. The largest absolute Gasteiger partial charge is 0.481 e. The molecule has 1 aromatic heterocycles. The summed E-state index contributed by atoms with van der Waals surface area (Å²) in [6.45, 7) is 4.13. The molecule has 7 heteroatoms. The van der Waals surface area contributed by atoms with Crippen LogP contribution in [0.4, 0.5) is 5.13 Å². The Morgan fingerprint density at radius 2 is 1.89 bits per heavy atom. The van der Waals surface area contributed by atoms with Gasteiger partial charge in [-0.05, 0) is 31.7 Å². The van der Waals surface area contributed by atoms with Crippen molar-refractivity contribution < 1.29 is 19.4 Å². The van der Waals surface area contributed by atoms with Crippen molar-refractivity contribution in [3.63, 3.8) is 0 Å². The standard InChI is InChI=1S/C21H24N2O4S/c1-3-4-12-5-7-13(8-6-12)18-11(2)28-21(22-18)23-19(24)16-14-9-10-15(27-14)17(16)20(25)26/h5-8,14-17H,3-4,9-10H2,1-2H3,(H,25,26)(H,22,23,24)/t14-,15-,16-,17-/m1/s1. The number of nitrogens with zero attached hydrogens (tertiary/aromatic N) is 1. The van der Waals surface area contributed by atoms with E-state index in [2.05, 4.69) is 41.5 Å². The van der Waals surface area contributed by atoms with Gasteiger partial charge in [0.15, 0.2) is 5.13 Å². The highest BCUT2D eigenvalue weighted by molar-refractivity contribution is 7.16. The molecule has 2 aromatic rings. The van der Waals surface area contributed by atoms with Gasteiger partial charge in [0.1, 0.15) is 0 Å². The first-order valence-electron chi connectivity index (χ1n) is 9.73. The van der Waals surface area contributed by atoms with Crippen molar-refractivity contribution in [2.45, 2.75) is 51.7 Å². The van der Waals surface area contributed by atoms with Gasteiger partial charge in [-0.15, -0.1) is 11.3 Å². The number of hydrogen-bond donors (Lipinski definition) is 2. The molecule has 0 aliphatic carbocycles. The number of aliphatic carboxylic acids is 1. The van der Waals surface area contributed by atoms with E-state index in [0.717, 1.165) is 35.4 Å². The molecule has 2 saturated heterocycles. The maximum atomic E-state index is 12.8. The van der Waals surface area contributed by atoms with E-state index in [1.54, 1.807) is 0 Å². The second-order valence-corrected chi connectivity index (χ2v) is 8.74. The molecule has 0 saturated carbocycles. The van der Waals surface area contributed by atoms with Gasteiger partial charge < -0.3 is 15.2 Å². The van der Waals surface area contributed by atoms with E-state index in [1.165, 1.54) is 16.9 Å². The number of carbonyl (C=O) groups excluding carboxylic acids is 1. The second-order valence-electron chi connectivity index (χ2n) is 7.54. The maximum Gasteiger partial charge on any atom is 0.310 e. The summed E-state index contributed by atoms with van der Waals surface area (Å²) in [7, 11) is 0. The fraction of sp³-hybridized carbons (Fsp3) is 0.476. The molecule has 0 spiro atoms. The molecule has 2 fully saturated rings. The highest BCUT2D eigenvalue weighted by Gasteiger charge is 2.55. The topological polar surface area (TPSA) is 88.5 Å². The van der Waals surface area contributed by atoms with Crippen molar-refractivity contribution >= 4 is 28.3 Å². The van der Waals surface area contributed by atoms with Gasteiger partial charge in [0.2, 0.25) is 5.91 Å². The smallest absolute Gasteiger partial charge is 0.310 e. The average Bonchev–Trinajstić information content (AvgIpc) is 3.37. The van der Waals surface area contributed by atoms with Crippen LogP contribution in [-0.2, 0) is 20.7 Å². The van der Waals surface area contributed by atoms with Crippen molar-refractivity contribution in [3.8, 4) is 11.3 Å². The lowest BCUT2D eigenvalue weighted by Crippen LogP contribution is -2.40. The van der Waals surface area contributed by atoms with Crippen LogP contribution in [0.2, 0.25) is 0 Å². The highest BCUT2D eigenvalue weighted by Crippen LogP contribution is 2.44. The van der Waals surface area contributed by atoms with E-state index in [0.29, 0.717) is 11.6 Å². The molecule has 4 rings (SSSR count). The summed E-state index contributed by atoms with van der Waals surface area (Å²) < 4.78 is 5.69. The monoisotopic (exact) mass is 400 g/mol. The van der Waals surface area contributed by atoms with Crippen LogP contribution in [0.1, 0.15) is 36.6 Å². The Morgan fingerprint density at radius 1 is 1.21 bits per heavy atom. The van der Waals surface area contributed by atoms with Gasteiger partial charge in [0.05, 0.1) is 29.7 Å². The molecule has 28 heavy (non-hydrogen) atoms. The van der Waals surface area contributed by atoms with E-state index in [4.69, 9.17) is 4.74 Å². The van der Waals surface area contributed by atoms with Crippen LogP contribution in [-0.4, -0.2) is 34.2 Å². The predicted octanol–water partition coefficient (Wildman–Crippen LogP) is 3.89. The predicted molar refractivity (Wildman–Crippen MR) is 107 cm³/mol. The molecule has 1 aromatic carbocycles. The summed E-state index contributed by atoms with van der Waals surface area (Å²) in [5.41, 5.74) is 3.16. The van der Waals surface area contributed by atoms with Gasteiger partial charge in [-0.25, -0.2) is 4.98 Å². The SMILES string of the molecule is CCCc1ccc(-c2nc(NC(=O)[C@H]3[C@H](C(=O)O)[C@H]4CC[C@H]3O4)sc2C)cc1. The minimum atomic E-state index is -0.962. The quantitative estimate of drug-likeness (QED) is 0.768. The van der Waals surface area contributed by atoms with Gasteiger partial charge >= 0.3 is 5.97 Å². The number of ether oxygens (including phenoxy) is 1. The summed E-state index contributed by atoms with van der Waals surface area (Å²) in [4.78, 5) is 30.0. The van der Waals surface area contributed by atoms with Crippen LogP contribution in [0.5, 0.6) is 0 Å². The summed E-state index contributed by atoms with van der Waals surface area (Å²) in [6, 6.07) is 8.34. The highest BCUT2D eigenvalue weighted by atomic mass is 32.1. The zero-order chi connectivity index (χ0) is 19.8. The summed E-state index contributed by atoms with van der Waals surface area (Å²) in [5.74, 6) is -2.70. The number of benzene rings is 1. The Morgan fingerprint density at radius 3 is 2.54 bits per heavy atom. The third-order valence-corrected chi connectivity index (χ3v) is 6.54. The first-order valence-corrected chi connectivity index (χ1v) is 10.6. The number of carbonyl (C=O) groups is 2. The van der Waals surface area contributed by atoms with Crippen molar-refractivity contribution in [1.29, 1.82) is 0 Å². The van der Waals surface area contributed by atoms with Crippen LogP contribution in [0.25, 0.3) is 11.3 Å². The number of nitrogens with one attached hydrogen (secondary N) is 1.